The van der Waals surface area contributed by atoms with Gasteiger partial charge in [-0.1, -0.05) is 41.6 Å². The van der Waals surface area contributed by atoms with E-state index in [1.54, 1.807) is 34.3 Å². The molecule has 0 radical (unpaired) electrons. The molecule has 0 aliphatic rings. The maximum absolute atomic E-state index is 13.9. The van der Waals surface area contributed by atoms with Crippen LogP contribution in [0.1, 0.15) is 16.1 Å². The van der Waals surface area contributed by atoms with Crippen molar-refractivity contribution in [3.8, 4) is 5.69 Å². The van der Waals surface area contributed by atoms with Gasteiger partial charge in [-0.3, -0.25) is 4.79 Å². The van der Waals surface area contributed by atoms with Gasteiger partial charge in [-0.05, 0) is 18.2 Å². The van der Waals surface area contributed by atoms with Gasteiger partial charge in [-0.25, -0.2) is 9.07 Å². The van der Waals surface area contributed by atoms with E-state index in [4.69, 9.17) is 0 Å². The number of para-hydroxylation sites is 1. The first-order valence-electron chi connectivity index (χ1n) is 8.15. The summed E-state index contributed by atoms with van der Waals surface area (Å²) in [5.74, 6) is -0.791. The summed E-state index contributed by atoms with van der Waals surface area (Å²) in [4.78, 5) is 17.1. The van der Waals surface area contributed by atoms with E-state index in [2.05, 4.69) is 15.3 Å². The highest BCUT2D eigenvalue weighted by atomic mass is 32.1. The lowest BCUT2D eigenvalue weighted by atomic mass is 10.2. The molecule has 27 heavy (non-hydrogen) atoms. The lowest BCUT2D eigenvalue weighted by Crippen LogP contribution is -2.17. The van der Waals surface area contributed by atoms with Crippen LogP contribution >= 0.6 is 11.3 Å². The van der Waals surface area contributed by atoms with Crippen LogP contribution in [-0.2, 0) is 6.54 Å². The van der Waals surface area contributed by atoms with Crippen LogP contribution in [0.3, 0.4) is 0 Å². The summed E-state index contributed by atoms with van der Waals surface area (Å²) in [6.07, 6.45) is 3.31. The largest absolute Gasteiger partial charge is 0.319 e. The lowest BCUT2D eigenvalue weighted by molar-refractivity contribution is 0.0993. The smallest absolute Gasteiger partial charge is 0.301 e. The Bertz CT molecular complexity index is 1150. The molecule has 0 saturated heterocycles. The number of rotatable bonds is 4. The molecule has 2 heterocycles. The van der Waals surface area contributed by atoms with Crippen LogP contribution in [0.2, 0.25) is 0 Å². The summed E-state index contributed by atoms with van der Waals surface area (Å²) in [6.45, 7) is 0.291. The fourth-order valence-corrected chi connectivity index (χ4v) is 3.26. The Morgan fingerprint density at radius 2 is 1.89 bits per heavy atom. The zero-order chi connectivity index (χ0) is 18.6. The monoisotopic (exact) mass is 379 g/mol. The first-order valence-corrected chi connectivity index (χ1v) is 9.03. The summed E-state index contributed by atoms with van der Waals surface area (Å²) in [6, 6.07) is 15.9. The summed E-state index contributed by atoms with van der Waals surface area (Å²) in [5.41, 5.74) is 1.47. The molecule has 0 spiro atoms. The third-order valence-corrected chi connectivity index (χ3v) is 4.68. The predicted molar refractivity (Wildman–Crippen MR) is 99.1 cm³/mol. The highest BCUT2D eigenvalue weighted by molar-refractivity contribution is 7.07. The van der Waals surface area contributed by atoms with Gasteiger partial charge in [0.15, 0.2) is 10.5 Å². The third kappa shape index (κ3) is 3.75. The second-order valence-corrected chi connectivity index (χ2v) is 6.58. The molecule has 8 heteroatoms. The van der Waals surface area contributed by atoms with Crippen LogP contribution < -0.4 is 4.80 Å². The molecule has 2 aromatic heterocycles. The Hall–Kier alpha value is -3.39. The summed E-state index contributed by atoms with van der Waals surface area (Å²) in [5, 5.41) is 9.68. The molecular formula is C19H14FN5OS. The fourth-order valence-electron chi connectivity index (χ4n) is 2.53. The predicted octanol–water partition coefficient (Wildman–Crippen LogP) is 3.06. The van der Waals surface area contributed by atoms with E-state index in [-0.39, 0.29) is 11.5 Å². The second-order valence-electron chi connectivity index (χ2n) is 5.71. The maximum atomic E-state index is 13.9. The topological polar surface area (TPSA) is 65.1 Å². The molecule has 0 saturated carbocycles. The van der Waals surface area contributed by atoms with Crippen LogP contribution in [0.25, 0.3) is 5.69 Å². The number of halogens is 1. The summed E-state index contributed by atoms with van der Waals surface area (Å²) >= 11 is 1.30. The van der Waals surface area contributed by atoms with Crippen molar-refractivity contribution in [2.24, 2.45) is 4.99 Å². The maximum Gasteiger partial charge on any atom is 0.301 e. The van der Waals surface area contributed by atoms with E-state index >= 15 is 0 Å². The number of benzene rings is 2. The normalized spacial score (nSPS) is 11.7. The molecule has 2 aromatic carbocycles. The number of thiazole rings is 1. The Morgan fingerprint density at radius 3 is 2.70 bits per heavy atom. The minimum absolute atomic E-state index is 0.143. The van der Waals surface area contributed by atoms with Crippen LogP contribution in [0.5, 0.6) is 0 Å². The molecule has 134 valence electrons. The second kappa shape index (κ2) is 7.46. The van der Waals surface area contributed by atoms with Crippen molar-refractivity contribution in [1.82, 2.24) is 19.6 Å². The van der Waals surface area contributed by atoms with E-state index < -0.39 is 5.91 Å². The van der Waals surface area contributed by atoms with Gasteiger partial charge in [-0.2, -0.15) is 4.99 Å². The van der Waals surface area contributed by atoms with Gasteiger partial charge in [0.25, 0.3) is 0 Å². The average Bonchev–Trinajstić information content (AvgIpc) is 3.34. The minimum Gasteiger partial charge on any atom is -0.319 e. The van der Waals surface area contributed by atoms with Crippen molar-refractivity contribution in [3.63, 3.8) is 0 Å². The molecule has 4 aromatic rings. The van der Waals surface area contributed by atoms with E-state index in [0.29, 0.717) is 16.9 Å². The van der Waals surface area contributed by atoms with Crippen LogP contribution in [-0.4, -0.2) is 25.5 Å². The van der Waals surface area contributed by atoms with Gasteiger partial charge in [-0.15, -0.1) is 16.4 Å². The standard InChI is InChI=1S/C19H14FN5OS/c20-16-9-5-4-6-14(16)12-24-10-11-27-19(24)21-18(26)17-13-25(23-22-17)15-7-2-1-3-8-15/h1-11,13H,12H2. The number of nitrogens with zero attached hydrogens (tertiary/aromatic N) is 5. The van der Waals surface area contributed by atoms with Crippen LogP contribution in [0, 0.1) is 5.82 Å². The summed E-state index contributed by atoms with van der Waals surface area (Å²) < 4.78 is 17.1. The first kappa shape index (κ1) is 17.0. The van der Waals surface area contributed by atoms with Crippen LogP contribution in [0.15, 0.2) is 77.4 Å². The number of hydrogen-bond acceptors (Lipinski definition) is 4. The molecule has 1 amide bonds. The molecular weight excluding hydrogens is 365 g/mol. The molecule has 0 N–H and O–H groups in total. The van der Waals surface area contributed by atoms with Crippen molar-refractivity contribution >= 4 is 17.2 Å². The quantitative estimate of drug-likeness (QED) is 0.547. The van der Waals surface area contributed by atoms with Crippen molar-refractivity contribution in [2.45, 2.75) is 6.54 Å². The molecule has 0 unspecified atom stereocenters. The molecule has 4 rings (SSSR count). The van der Waals surface area contributed by atoms with Crippen molar-refractivity contribution in [3.05, 3.63) is 94.2 Å². The molecule has 0 bridgehead atoms. The SMILES string of the molecule is O=C(N=c1sccn1Cc1ccccc1F)c1cn(-c2ccccc2)nn1. The van der Waals surface area contributed by atoms with E-state index in [1.807, 2.05) is 30.3 Å². The highest BCUT2D eigenvalue weighted by Crippen LogP contribution is 2.09. The van der Waals surface area contributed by atoms with Crippen molar-refractivity contribution in [2.75, 3.05) is 0 Å². The molecule has 0 aliphatic carbocycles. The Morgan fingerprint density at radius 1 is 1.11 bits per heavy atom. The number of carbonyl (C=O) groups is 1. The van der Waals surface area contributed by atoms with Crippen molar-refractivity contribution in [1.29, 1.82) is 0 Å². The van der Waals surface area contributed by atoms with Gasteiger partial charge in [0, 0.05) is 17.1 Å². The van der Waals surface area contributed by atoms with Gasteiger partial charge in [0.2, 0.25) is 0 Å². The zero-order valence-corrected chi connectivity index (χ0v) is 14.9. The molecule has 6 nitrogen and oxygen atoms in total. The van der Waals surface area contributed by atoms with Crippen molar-refractivity contribution < 1.29 is 9.18 Å². The number of aromatic nitrogens is 4. The average molecular weight is 379 g/mol. The number of hydrogen-bond donors (Lipinski definition) is 0. The Labute approximate surface area is 157 Å². The summed E-state index contributed by atoms with van der Waals surface area (Å²) in [7, 11) is 0. The van der Waals surface area contributed by atoms with E-state index in [0.717, 1.165) is 5.69 Å². The molecule has 0 fully saturated rings. The lowest BCUT2D eigenvalue weighted by Gasteiger charge is -2.04. The Kier molecular flexibility index (Phi) is 4.71. The Balaban J connectivity index is 1.60. The van der Waals surface area contributed by atoms with E-state index in [1.165, 1.54) is 28.3 Å². The third-order valence-electron chi connectivity index (χ3n) is 3.89. The van der Waals surface area contributed by atoms with Crippen LogP contribution in [0.4, 0.5) is 4.39 Å². The van der Waals surface area contributed by atoms with E-state index in [9.17, 15) is 9.18 Å². The zero-order valence-electron chi connectivity index (χ0n) is 14.1. The first-order chi connectivity index (χ1) is 13.2. The molecule has 0 atom stereocenters. The highest BCUT2D eigenvalue weighted by Gasteiger charge is 2.11. The van der Waals surface area contributed by atoms with Gasteiger partial charge in [0.1, 0.15) is 5.82 Å². The van der Waals surface area contributed by atoms with Gasteiger partial charge in [0.05, 0.1) is 18.4 Å². The minimum atomic E-state index is -0.498. The molecule has 0 aliphatic heterocycles. The van der Waals surface area contributed by atoms with Gasteiger partial charge < -0.3 is 4.57 Å². The van der Waals surface area contributed by atoms with Gasteiger partial charge >= 0.3 is 5.91 Å². The fraction of sp³-hybridized carbons (Fsp3) is 0.0526. The number of amides is 1. The number of carbonyl (C=O) groups excluding carboxylic acids is 1.